The smallest absolute Gasteiger partial charge is 0.202 e. The molecule has 0 saturated heterocycles. The van der Waals surface area contributed by atoms with Gasteiger partial charge in [-0.1, -0.05) is 18.2 Å². The van der Waals surface area contributed by atoms with Gasteiger partial charge in [-0.15, -0.1) is 0 Å². The van der Waals surface area contributed by atoms with Crippen LogP contribution in [0.2, 0.25) is 0 Å². The molecule has 1 aromatic carbocycles. The van der Waals surface area contributed by atoms with Crippen molar-refractivity contribution in [3.63, 3.8) is 0 Å². The summed E-state index contributed by atoms with van der Waals surface area (Å²) in [5.41, 5.74) is 2.30. The van der Waals surface area contributed by atoms with Crippen LogP contribution in [0.15, 0.2) is 36.4 Å². The summed E-state index contributed by atoms with van der Waals surface area (Å²) in [6, 6.07) is 11.4. The number of benzene rings is 1. The summed E-state index contributed by atoms with van der Waals surface area (Å²) >= 11 is 0. The number of ketones is 1. The van der Waals surface area contributed by atoms with Gasteiger partial charge in [-0.2, -0.15) is 5.10 Å². The lowest BCUT2D eigenvalue weighted by Gasteiger charge is -2.03. The number of carbonyl (C=O) groups excluding carboxylic acids is 1. The molecule has 0 spiro atoms. The molecule has 0 aliphatic heterocycles. The summed E-state index contributed by atoms with van der Waals surface area (Å²) in [5, 5.41) is 9.71. The molecule has 0 unspecified atom stereocenters. The maximum absolute atomic E-state index is 11.7. The van der Waals surface area contributed by atoms with Crippen molar-refractivity contribution in [2.45, 2.75) is 6.92 Å². The molecule has 0 aliphatic rings. The Bertz CT molecular complexity index is 476. The highest BCUT2D eigenvalue weighted by atomic mass is 16.1. The van der Waals surface area contributed by atoms with Crippen LogP contribution in [0.5, 0.6) is 0 Å². The van der Waals surface area contributed by atoms with Crippen LogP contribution in [-0.2, 0) is 0 Å². The topological polar surface area (TPSA) is 57.8 Å². The van der Waals surface area contributed by atoms with Crippen LogP contribution in [0.1, 0.15) is 16.2 Å². The molecule has 82 valence electrons. The Hall–Kier alpha value is -2.10. The van der Waals surface area contributed by atoms with Gasteiger partial charge in [0, 0.05) is 11.4 Å². The number of nitrogens with zero attached hydrogens (tertiary/aromatic N) is 1. The highest BCUT2D eigenvalue weighted by molar-refractivity contribution is 5.97. The molecule has 4 heteroatoms. The van der Waals surface area contributed by atoms with Crippen LogP contribution in [-0.4, -0.2) is 22.5 Å². The number of para-hydroxylation sites is 1. The van der Waals surface area contributed by atoms with Gasteiger partial charge < -0.3 is 5.32 Å². The molecule has 0 aliphatic carbocycles. The van der Waals surface area contributed by atoms with Crippen molar-refractivity contribution in [3.8, 4) is 0 Å². The number of aryl methyl sites for hydroxylation is 1. The number of anilines is 1. The van der Waals surface area contributed by atoms with Gasteiger partial charge in [0.1, 0.15) is 5.69 Å². The molecule has 2 N–H and O–H groups in total. The van der Waals surface area contributed by atoms with Gasteiger partial charge in [-0.3, -0.25) is 9.89 Å². The Morgan fingerprint density at radius 3 is 2.75 bits per heavy atom. The fourth-order valence-corrected chi connectivity index (χ4v) is 1.39. The highest BCUT2D eigenvalue weighted by Gasteiger charge is 2.08. The number of rotatable bonds is 4. The first kappa shape index (κ1) is 10.4. The third-order valence-electron chi connectivity index (χ3n) is 2.22. The van der Waals surface area contributed by atoms with E-state index in [4.69, 9.17) is 0 Å². The van der Waals surface area contributed by atoms with Crippen LogP contribution < -0.4 is 5.32 Å². The zero-order chi connectivity index (χ0) is 11.4. The lowest BCUT2D eigenvalue weighted by molar-refractivity contribution is 0.100. The van der Waals surface area contributed by atoms with E-state index in [-0.39, 0.29) is 12.3 Å². The number of hydrogen-bond donors (Lipinski definition) is 2. The van der Waals surface area contributed by atoms with Gasteiger partial charge in [0.2, 0.25) is 5.78 Å². The van der Waals surface area contributed by atoms with E-state index in [1.165, 1.54) is 0 Å². The Labute approximate surface area is 93.7 Å². The standard InChI is InChI=1S/C12H13N3O/c1-9-7-11(15-14-9)12(16)8-13-10-5-3-2-4-6-10/h2-7,13H,8H2,1H3,(H,14,15). The van der Waals surface area contributed by atoms with Gasteiger partial charge in [0.15, 0.2) is 0 Å². The number of aromatic nitrogens is 2. The number of aromatic amines is 1. The first-order valence-electron chi connectivity index (χ1n) is 5.10. The second kappa shape index (κ2) is 4.61. The summed E-state index contributed by atoms with van der Waals surface area (Å²) in [5.74, 6) is -0.0202. The average molecular weight is 215 g/mol. The van der Waals surface area contributed by atoms with Gasteiger partial charge in [-0.05, 0) is 25.1 Å². The normalized spacial score (nSPS) is 10.1. The molecule has 0 radical (unpaired) electrons. The molecule has 0 amide bonds. The van der Waals surface area contributed by atoms with Crippen LogP contribution >= 0.6 is 0 Å². The van der Waals surface area contributed by atoms with E-state index in [0.29, 0.717) is 5.69 Å². The molecule has 0 bridgehead atoms. The maximum Gasteiger partial charge on any atom is 0.202 e. The molecular weight excluding hydrogens is 202 g/mol. The van der Waals surface area contributed by atoms with E-state index >= 15 is 0 Å². The molecule has 4 nitrogen and oxygen atoms in total. The molecule has 0 fully saturated rings. The largest absolute Gasteiger partial charge is 0.378 e. The fourth-order valence-electron chi connectivity index (χ4n) is 1.39. The predicted molar refractivity (Wildman–Crippen MR) is 62.6 cm³/mol. The van der Waals surface area contributed by atoms with E-state index < -0.39 is 0 Å². The SMILES string of the molecule is Cc1cc(C(=O)CNc2ccccc2)n[nH]1. The quantitative estimate of drug-likeness (QED) is 0.767. The zero-order valence-electron chi connectivity index (χ0n) is 9.03. The number of H-pyrrole nitrogens is 1. The minimum absolute atomic E-state index is 0.0202. The summed E-state index contributed by atoms with van der Waals surface area (Å²) < 4.78 is 0. The van der Waals surface area contributed by atoms with Crippen molar-refractivity contribution in [1.82, 2.24) is 10.2 Å². The Morgan fingerprint density at radius 1 is 1.38 bits per heavy atom. The van der Waals surface area contributed by atoms with Gasteiger partial charge in [0.05, 0.1) is 6.54 Å². The zero-order valence-corrected chi connectivity index (χ0v) is 9.03. The molecular formula is C12H13N3O. The molecule has 0 saturated carbocycles. The molecule has 2 aromatic rings. The van der Waals surface area contributed by atoms with E-state index in [0.717, 1.165) is 11.4 Å². The number of carbonyl (C=O) groups is 1. The maximum atomic E-state index is 11.7. The monoisotopic (exact) mass is 215 g/mol. The molecule has 0 atom stereocenters. The highest BCUT2D eigenvalue weighted by Crippen LogP contribution is 2.05. The van der Waals surface area contributed by atoms with Crippen LogP contribution in [0, 0.1) is 6.92 Å². The first-order valence-corrected chi connectivity index (χ1v) is 5.10. The van der Waals surface area contributed by atoms with E-state index in [9.17, 15) is 4.79 Å². The first-order chi connectivity index (χ1) is 7.75. The van der Waals surface area contributed by atoms with Gasteiger partial charge >= 0.3 is 0 Å². The third-order valence-corrected chi connectivity index (χ3v) is 2.22. The minimum atomic E-state index is -0.0202. The summed E-state index contributed by atoms with van der Waals surface area (Å²) in [7, 11) is 0. The Balaban J connectivity index is 1.94. The van der Waals surface area contributed by atoms with Crippen molar-refractivity contribution in [2.75, 3.05) is 11.9 Å². The van der Waals surface area contributed by atoms with Crippen molar-refractivity contribution in [3.05, 3.63) is 47.8 Å². The Morgan fingerprint density at radius 2 is 2.12 bits per heavy atom. The van der Waals surface area contributed by atoms with E-state index in [1.807, 2.05) is 37.3 Å². The lowest BCUT2D eigenvalue weighted by atomic mass is 10.2. The number of Topliss-reactive ketones (excluding diaryl/α,β-unsaturated/α-hetero) is 1. The van der Waals surface area contributed by atoms with E-state index in [1.54, 1.807) is 6.07 Å². The summed E-state index contributed by atoms with van der Waals surface area (Å²) in [6.45, 7) is 2.13. The van der Waals surface area contributed by atoms with Crippen LogP contribution in [0.25, 0.3) is 0 Å². The second-order valence-electron chi connectivity index (χ2n) is 3.58. The number of nitrogens with one attached hydrogen (secondary N) is 2. The summed E-state index contributed by atoms with van der Waals surface area (Å²) in [4.78, 5) is 11.7. The predicted octanol–water partition coefficient (Wildman–Crippen LogP) is 2.01. The van der Waals surface area contributed by atoms with Gasteiger partial charge in [0.25, 0.3) is 0 Å². The number of hydrogen-bond acceptors (Lipinski definition) is 3. The van der Waals surface area contributed by atoms with Crippen LogP contribution in [0.3, 0.4) is 0 Å². The van der Waals surface area contributed by atoms with Crippen molar-refractivity contribution < 1.29 is 4.79 Å². The van der Waals surface area contributed by atoms with Crippen LogP contribution in [0.4, 0.5) is 5.69 Å². The molecule has 2 rings (SSSR count). The van der Waals surface area contributed by atoms with Crippen molar-refractivity contribution in [1.29, 1.82) is 0 Å². The molecule has 1 aromatic heterocycles. The third kappa shape index (κ3) is 2.48. The van der Waals surface area contributed by atoms with Crippen molar-refractivity contribution >= 4 is 11.5 Å². The summed E-state index contributed by atoms with van der Waals surface area (Å²) in [6.07, 6.45) is 0. The second-order valence-corrected chi connectivity index (χ2v) is 3.58. The van der Waals surface area contributed by atoms with Crippen molar-refractivity contribution in [2.24, 2.45) is 0 Å². The lowest BCUT2D eigenvalue weighted by Crippen LogP contribution is -2.14. The minimum Gasteiger partial charge on any atom is -0.378 e. The fraction of sp³-hybridized carbons (Fsp3) is 0.167. The average Bonchev–Trinajstić information content (AvgIpc) is 2.74. The molecule has 1 heterocycles. The Kier molecular flexibility index (Phi) is 3.00. The van der Waals surface area contributed by atoms with Gasteiger partial charge in [-0.25, -0.2) is 0 Å². The molecule has 16 heavy (non-hydrogen) atoms. The van der Waals surface area contributed by atoms with E-state index in [2.05, 4.69) is 15.5 Å².